The van der Waals surface area contributed by atoms with Crippen LogP contribution in [0.15, 0.2) is 30.5 Å². The number of methoxy groups -OCH3 is 1. The number of rotatable bonds is 2. The lowest BCUT2D eigenvalue weighted by molar-refractivity contribution is 0.0599. The van der Waals surface area contributed by atoms with E-state index in [-0.39, 0.29) is 0 Å². The fourth-order valence-corrected chi connectivity index (χ4v) is 2.31. The van der Waals surface area contributed by atoms with Crippen molar-refractivity contribution in [2.24, 2.45) is 0 Å². The lowest BCUT2D eigenvalue weighted by Gasteiger charge is -2.05. The summed E-state index contributed by atoms with van der Waals surface area (Å²) in [5.41, 5.74) is 3.35. The van der Waals surface area contributed by atoms with Gasteiger partial charge in [0.1, 0.15) is 5.56 Å². The van der Waals surface area contributed by atoms with Crippen molar-refractivity contribution in [1.82, 2.24) is 19.7 Å². The molecule has 0 amide bonds. The number of benzene rings is 1. The van der Waals surface area contributed by atoms with Gasteiger partial charge < -0.3 is 4.74 Å². The number of carbonyl (C=O) groups excluding carboxylic acids is 1. The van der Waals surface area contributed by atoms with Crippen LogP contribution in [0.3, 0.4) is 0 Å². The third-order valence-corrected chi connectivity index (χ3v) is 3.33. The Labute approximate surface area is 121 Å². The predicted molar refractivity (Wildman–Crippen MR) is 77.5 cm³/mol. The van der Waals surface area contributed by atoms with Gasteiger partial charge in [0.2, 0.25) is 0 Å². The zero-order valence-electron chi connectivity index (χ0n) is 12.0. The van der Waals surface area contributed by atoms with Crippen molar-refractivity contribution in [3.63, 3.8) is 0 Å². The number of hydrogen-bond acceptors (Lipinski definition) is 5. The minimum atomic E-state index is -0.398. The maximum atomic E-state index is 11.8. The number of fused-ring (bicyclic) bond motifs is 1. The van der Waals surface area contributed by atoms with Crippen molar-refractivity contribution in [2.45, 2.75) is 13.8 Å². The molecule has 1 aromatic carbocycles. The molecule has 3 rings (SSSR count). The Morgan fingerprint density at radius 1 is 1.19 bits per heavy atom. The number of esters is 1. The number of ether oxygens (including phenoxy) is 1. The zero-order chi connectivity index (χ0) is 15.0. The standard InChI is InChI=1S/C15H14N4O2/c1-9-14(15(20)21-3)10(2)19(18-9)13-8-16-11-6-4-5-7-12(11)17-13/h4-8H,1-3H3. The molecule has 0 aliphatic rings. The van der Waals surface area contributed by atoms with Gasteiger partial charge in [-0.1, -0.05) is 12.1 Å². The Balaban J connectivity index is 2.17. The Kier molecular flexibility index (Phi) is 3.13. The summed E-state index contributed by atoms with van der Waals surface area (Å²) in [4.78, 5) is 20.7. The van der Waals surface area contributed by atoms with Gasteiger partial charge in [0.15, 0.2) is 5.82 Å². The van der Waals surface area contributed by atoms with Crippen LogP contribution in [0.4, 0.5) is 0 Å². The molecule has 106 valence electrons. The normalized spacial score (nSPS) is 10.8. The summed E-state index contributed by atoms with van der Waals surface area (Å²) in [5, 5.41) is 4.37. The highest BCUT2D eigenvalue weighted by Crippen LogP contribution is 2.18. The molecule has 2 aromatic heterocycles. The molecule has 0 saturated carbocycles. The average molecular weight is 282 g/mol. The fraction of sp³-hybridized carbons (Fsp3) is 0.200. The van der Waals surface area contributed by atoms with E-state index in [4.69, 9.17) is 4.74 Å². The fourth-order valence-electron chi connectivity index (χ4n) is 2.31. The van der Waals surface area contributed by atoms with Gasteiger partial charge in [-0.05, 0) is 26.0 Å². The van der Waals surface area contributed by atoms with Gasteiger partial charge in [0.25, 0.3) is 0 Å². The van der Waals surface area contributed by atoms with Gasteiger partial charge in [-0.2, -0.15) is 5.10 Å². The number of aryl methyl sites for hydroxylation is 1. The molecule has 21 heavy (non-hydrogen) atoms. The van der Waals surface area contributed by atoms with E-state index >= 15 is 0 Å². The summed E-state index contributed by atoms with van der Waals surface area (Å²) in [5.74, 6) is 0.175. The number of aromatic nitrogens is 4. The third kappa shape index (κ3) is 2.14. The molecular weight excluding hydrogens is 268 g/mol. The van der Waals surface area contributed by atoms with E-state index < -0.39 is 5.97 Å². The average Bonchev–Trinajstić information content (AvgIpc) is 2.81. The minimum Gasteiger partial charge on any atom is -0.465 e. The summed E-state index contributed by atoms with van der Waals surface area (Å²) in [6.45, 7) is 3.58. The quantitative estimate of drug-likeness (QED) is 0.674. The summed E-state index contributed by atoms with van der Waals surface area (Å²) in [7, 11) is 1.36. The van der Waals surface area contributed by atoms with Crippen LogP contribution in [0.1, 0.15) is 21.7 Å². The molecule has 0 spiro atoms. The largest absolute Gasteiger partial charge is 0.465 e. The van der Waals surface area contributed by atoms with Crippen molar-refractivity contribution in [3.05, 3.63) is 47.4 Å². The zero-order valence-corrected chi connectivity index (χ0v) is 12.0. The topological polar surface area (TPSA) is 69.9 Å². The Hall–Kier alpha value is -2.76. The first-order valence-electron chi connectivity index (χ1n) is 6.48. The second-order valence-corrected chi connectivity index (χ2v) is 4.67. The van der Waals surface area contributed by atoms with Crippen molar-refractivity contribution >= 4 is 17.0 Å². The minimum absolute atomic E-state index is 0.398. The van der Waals surface area contributed by atoms with Crippen LogP contribution in [-0.4, -0.2) is 32.8 Å². The van der Waals surface area contributed by atoms with Gasteiger partial charge in [-0.25, -0.2) is 14.5 Å². The molecule has 0 fully saturated rings. The van der Waals surface area contributed by atoms with E-state index in [1.165, 1.54) is 7.11 Å². The van der Waals surface area contributed by atoms with E-state index in [1.807, 2.05) is 31.2 Å². The van der Waals surface area contributed by atoms with Crippen molar-refractivity contribution in [1.29, 1.82) is 0 Å². The maximum Gasteiger partial charge on any atom is 0.341 e. The number of nitrogens with zero attached hydrogens (tertiary/aromatic N) is 4. The van der Waals surface area contributed by atoms with E-state index in [0.717, 1.165) is 11.0 Å². The van der Waals surface area contributed by atoms with E-state index in [2.05, 4.69) is 15.1 Å². The number of hydrogen-bond donors (Lipinski definition) is 0. The third-order valence-electron chi connectivity index (χ3n) is 3.33. The highest BCUT2D eigenvalue weighted by Gasteiger charge is 2.20. The van der Waals surface area contributed by atoms with Crippen molar-refractivity contribution in [2.75, 3.05) is 7.11 Å². The first-order chi connectivity index (χ1) is 10.1. The Morgan fingerprint density at radius 3 is 2.62 bits per heavy atom. The monoisotopic (exact) mass is 282 g/mol. The summed E-state index contributed by atoms with van der Waals surface area (Å²) in [6.07, 6.45) is 1.64. The molecule has 0 atom stereocenters. The van der Waals surface area contributed by atoms with Crippen LogP contribution in [0, 0.1) is 13.8 Å². The first-order valence-corrected chi connectivity index (χ1v) is 6.48. The molecule has 6 heteroatoms. The van der Waals surface area contributed by atoms with Gasteiger partial charge in [-0.3, -0.25) is 4.98 Å². The van der Waals surface area contributed by atoms with E-state index in [9.17, 15) is 4.79 Å². The molecule has 0 saturated heterocycles. The second-order valence-electron chi connectivity index (χ2n) is 4.67. The van der Waals surface area contributed by atoms with Gasteiger partial charge in [0.05, 0.1) is 35.7 Å². The van der Waals surface area contributed by atoms with Crippen LogP contribution in [0.25, 0.3) is 16.9 Å². The first kappa shape index (κ1) is 13.2. The molecular formula is C15H14N4O2. The number of para-hydroxylation sites is 2. The molecule has 2 heterocycles. The molecule has 0 aliphatic carbocycles. The van der Waals surface area contributed by atoms with Crippen LogP contribution in [0.2, 0.25) is 0 Å². The van der Waals surface area contributed by atoms with Crippen LogP contribution < -0.4 is 0 Å². The second kappa shape index (κ2) is 4.97. The summed E-state index contributed by atoms with van der Waals surface area (Å²) < 4.78 is 6.40. The molecule has 0 bridgehead atoms. The highest BCUT2D eigenvalue weighted by molar-refractivity contribution is 5.92. The molecule has 0 aliphatic heterocycles. The molecule has 6 nitrogen and oxygen atoms in total. The molecule has 0 unspecified atom stereocenters. The van der Waals surface area contributed by atoms with Gasteiger partial charge >= 0.3 is 5.97 Å². The van der Waals surface area contributed by atoms with Crippen molar-refractivity contribution in [3.8, 4) is 5.82 Å². The smallest absolute Gasteiger partial charge is 0.341 e. The lowest BCUT2D eigenvalue weighted by Crippen LogP contribution is -2.06. The summed E-state index contributed by atoms with van der Waals surface area (Å²) in [6, 6.07) is 7.60. The number of carbonyl (C=O) groups is 1. The maximum absolute atomic E-state index is 11.8. The van der Waals surface area contributed by atoms with Crippen LogP contribution in [-0.2, 0) is 4.74 Å². The SMILES string of the molecule is COC(=O)c1c(C)nn(-c2cnc3ccccc3n2)c1C. The van der Waals surface area contributed by atoms with E-state index in [1.54, 1.807) is 17.8 Å². The van der Waals surface area contributed by atoms with Crippen LogP contribution >= 0.6 is 0 Å². The van der Waals surface area contributed by atoms with Crippen molar-refractivity contribution < 1.29 is 9.53 Å². The predicted octanol–water partition coefficient (Wildman–Crippen LogP) is 2.22. The van der Waals surface area contributed by atoms with Crippen LogP contribution in [0.5, 0.6) is 0 Å². The lowest BCUT2D eigenvalue weighted by atomic mass is 10.2. The Bertz CT molecular complexity index is 839. The molecule has 3 aromatic rings. The van der Waals surface area contributed by atoms with E-state index in [0.29, 0.717) is 22.8 Å². The Morgan fingerprint density at radius 2 is 1.90 bits per heavy atom. The molecule has 0 radical (unpaired) electrons. The summed E-state index contributed by atoms with van der Waals surface area (Å²) >= 11 is 0. The molecule has 0 N–H and O–H groups in total. The van der Waals surface area contributed by atoms with Gasteiger partial charge in [0, 0.05) is 0 Å². The van der Waals surface area contributed by atoms with Gasteiger partial charge in [-0.15, -0.1) is 0 Å². The highest BCUT2D eigenvalue weighted by atomic mass is 16.5.